The standard InChI is InChI=1S/C15H16ClNO3S/c1-15(20-7-13(18)19)8-17(9-15)6-12-14(16)10-4-2-3-5-11(10)21-12/h2-5H,6-9H2,1H3,(H,18,19). The molecule has 0 spiro atoms. The number of carboxylic acids is 1. The van der Waals surface area contributed by atoms with Crippen LogP contribution in [-0.4, -0.2) is 41.3 Å². The molecule has 112 valence electrons. The van der Waals surface area contributed by atoms with Crippen LogP contribution in [0, 0.1) is 0 Å². The summed E-state index contributed by atoms with van der Waals surface area (Å²) < 4.78 is 6.61. The number of hydrogen-bond acceptors (Lipinski definition) is 4. The van der Waals surface area contributed by atoms with E-state index in [9.17, 15) is 4.79 Å². The topological polar surface area (TPSA) is 49.8 Å². The molecule has 2 heterocycles. The van der Waals surface area contributed by atoms with Gasteiger partial charge in [-0.25, -0.2) is 4.79 Å². The minimum Gasteiger partial charge on any atom is -0.480 e. The molecule has 6 heteroatoms. The first-order valence-corrected chi connectivity index (χ1v) is 7.90. The lowest BCUT2D eigenvalue weighted by molar-refractivity contribution is -0.165. The van der Waals surface area contributed by atoms with Crippen molar-refractivity contribution < 1.29 is 14.6 Å². The lowest BCUT2D eigenvalue weighted by Gasteiger charge is -2.47. The summed E-state index contributed by atoms with van der Waals surface area (Å²) in [4.78, 5) is 13.9. The van der Waals surface area contributed by atoms with Gasteiger partial charge in [0.05, 0.1) is 10.6 Å². The predicted octanol–water partition coefficient (Wildman–Crippen LogP) is 3.23. The molecule has 0 aliphatic carbocycles. The molecule has 1 saturated heterocycles. The Bertz CT molecular complexity index is 679. The van der Waals surface area contributed by atoms with Crippen LogP contribution in [0.25, 0.3) is 10.1 Å². The van der Waals surface area contributed by atoms with Gasteiger partial charge in [0.25, 0.3) is 0 Å². The van der Waals surface area contributed by atoms with E-state index in [1.54, 1.807) is 11.3 Å². The van der Waals surface area contributed by atoms with E-state index < -0.39 is 5.97 Å². The van der Waals surface area contributed by atoms with Crippen molar-refractivity contribution >= 4 is 39.0 Å². The summed E-state index contributed by atoms with van der Waals surface area (Å²) >= 11 is 8.14. The lowest BCUT2D eigenvalue weighted by Crippen LogP contribution is -2.61. The van der Waals surface area contributed by atoms with E-state index in [4.69, 9.17) is 21.4 Å². The molecular formula is C15H16ClNO3S. The third-order valence-corrected chi connectivity index (χ3v) is 5.33. The quantitative estimate of drug-likeness (QED) is 0.917. The Kier molecular flexibility index (Phi) is 3.92. The van der Waals surface area contributed by atoms with Crippen LogP contribution < -0.4 is 0 Å². The molecule has 0 unspecified atom stereocenters. The fourth-order valence-electron chi connectivity index (χ4n) is 2.71. The molecule has 4 nitrogen and oxygen atoms in total. The van der Waals surface area contributed by atoms with E-state index in [2.05, 4.69) is 11.0 Å². The first-order valence-electron chi connectivity index (χ1n) is 6.71. The molecule has 0 amide bonds. The van der Waals surface area contributed by atoms with Crippen LogP contribution in [0.2, 0.25) is 5.02 Å². The van der Waals surface area contributed by atoms with Crippen LogP contribution in [0.15, 0.2) is 24.3 Å². The molecular weight excluding hydrogens is 310 g/mol. The molecule has 3 rings (SSSR count). The molecule has 1 N–H and O–H groups in total. The van der Waals surface area contributed by atoms with E-state index in [1.807, 2.05) is 25.1 Å². The summed E-state index contributed by atoms with van der Waals surface area (Å²) in [7, 11) is 0. The van der Waals surface area contributed by atoms with Gasteiger partial charge in [-0.1, -0.05) is 29.8 Å². The fourth-order valence-corrected chi connectivity index (χ4v) is 4.24. The number of benzene rings is 1. The number of halogens is 1. The number of thiophene rings is 1. The minimum atomic E-state index is -0.928. The normalized spacial score (nSPS) is 17.8. The van der Waals surface area contributed by atoms with E-state index in [0.717, 1.165) is 34.9 Å². The van der Waals surface area contributed by atoms with Crippen molar-refractivity contribution in [2.75, 3.05) is 19.7 Å². The Morgan fingerprint density at radius 2 is 2.19 bits per heavy atom. The Labute approximate surface area is 131 Å². The third-order valence-electron chi connectivity index (χ3n) is 3.63. The molecule has 0 saturated carbocycles. The zero-order valence-electron chi connectivity index (χ0n) is 11.6. The van der Waals surface area contributed by atoms with Gasteiger partial charge in [-0.3, -0.25) is 4.90 Å². The van der Waals surface area contributed by atoms with Crippen molar-refractivity contribution in [1.82, 2.24) is 4.90 Å². The van der Waals surface area contributed by atoms with E-state index in [-0.39, 0.29) is 12.2 Å². The average molecular weight is 326 g/mol. The highest BCUT2D eigenvalue weighted by Crippen LogP contribution is 2.37. The van der Waals surface area contributed by atoms with Gasteiger partial charge in [0.1, 0.15) is 6.61 Å². The van der Waals surface area contributed by atoms with Gasteiger partial charge in [-0.15, -0.1) is 11.3 Å². The molecule has 0 atom stereocenters. The SMILES string of the molecule is CC1(OCC(=O)O)CN(Cc2sc3ccccc3c2Cl)C1. The monoisotopic (exact) mass is 325 g/mol. The van der Waals surface area contributed by atoms with E-state index in [0.29, 0.717) is 0 Å². The first-order chi connectivity index (χ1) is 9.97. The minimum absolute atomic E-state index is 0.242. The largest absolute Gasteiger partial charge is 0.480 e. The summed E-state index contributed by atoms with van der Waals surface area (Å²) in [6, 6.07) is 8.12. The molecule has 1 aromatic carbocycles. The second-order valence-electron chi connectivity index (χ2n) is 5.61. The van der Waals surface area contributed by atoms with Crippen LogP contribution in [-0.2, 0) is 16.1 Å². The van der Waals surface area contributed by atoms with Gasteiger partial charge < -0.3 is 9.84 Å². The maximum atomic E-state index is 10.5. The maximum absolute atomic E-state index is 10.5. The van der Waals surface area contributed by atoms with E-state index in [1.165, 1.54) is 4.70 Å². The number of nitrogens with zero attached hydrogens (tertiary/aromatic N) is 1. The van der Waals surface area contributed by atoms with Crippen LogP contribution in [0.4, 0.5) is 0 Å². The number of hydrogen-bond donors (Lipinski definition) is 1. The van der Waals surface area contributed by atoms with Crippen LogP contribution in [0.3, 0.4) is 0 Å². The van der Waals surface area contributed by atoms with Crippen molar-refractivity contribution in [3.05, 3.63) is 34.2 Å². The summed E-state index contributed by atoms with van der Waals surface area (Å²) in [6.45, 7) is 3.94. The second kappa shape index (κ2) is 5.57. The van der Waals surface area contributed by atoms with Gasteiger partial charge in [0.2, 0.25) is 0 Å². The zero-order valence-corrected chi connectivity index (χ0v) is 13.2. The van der Waals surface area contributed by atoms with Gasteiger partial charge in [0, 0.05) is 34.6 Å². The van der Waals surface area contributed by atoms with Crippen molar-refractivity contribution in [2.24, 2.45) is 0 Å². The Morgan fingerprint density at radius 3 is 2.86 bits per heavy atom. The molecule has 0 bridgehead atoms. The number of carboxylic acid groups (broad SMARTS) is 1. The van der Waals surface area contributed by atoms with Crippen LogP contribution in [0.5, 0.6) is 0 Å². The number of likely N-dealkylation sites (tertiary alicyclic amines) is 1. The van der Waals surface area contributed by atoms with Crippen molar-refractivity contribution in [3.63, 3.8) is 0 Å². The Balaban J connectivity index is 1.63. The van der Waals surface area contributed by atoms with Gasteiger partial charge in [-0.2, -0.15) is 0 Å². The Morgan fingerprint density at radius 1 is 1.48 bits per heavy atom. The third kappa shape index (κ3) is 3.06. The number of ether oxygens (including phenoxy) is 1. The number of rotatable bonds is 5. The summed E-state index contributed by atoms with van der Waals surface area (Å²) in [6.07, 6.45) is 0. The fraction of sp³-hybridized carbons (Fsp3) is 0.400. The number of aliphatic carboxylic acids is 1. The molecule has 1 aliphatic heterocycles. The van der Waals surface area contributed by atoms with Crippen LogP contribution in [0.1, 0.15) is 11.8 Å². The molecule has 1 aliphatic rings. The van der Waals surface area contributed by atoms with Crippen molar-refractivity contribution in [2.45, 2.75) is 19.1 Å². The van der Waals surface area contributed by atoms with Crippen LogP contribution >= 0.6 is 22.9 Å². The first kappa shape index (κ1) is 14.8. The Hall–Kier alpha value is -1.14. The highest BCUT2D eigenvalue weighted by molar-refractivity contribution is 7.19. The highest BCUT2D eigenvalue weighted by Gasteiger charge is 2.40. The zero-order chi connectivity index (χ0) is 15.0. The molecule has 21 heavy (non-hydrogen) atoms. The number of fused-ring (bicyclic) bond motifs is 1. The van der Waals surface area contributed by atoms with E-state index >= 15 is 0 Å². The smallest absolute Gasteiger partial charge is 0.329 e. The molecule has 0 radical (unpaired) electrons. The second-order valence-corrected chi connectivity index (χ2v) is 7.13. The number of carbonyl (C=O) groups is 1. The predicted molar refractivity (Wildman–Crippen MR) is 84.1 cm³/mol. The molecule has 1 fully saturated rings. The maximum Gasteiger partial charge on any atom is 0.329 e. The summed E-state index contributed by atoms with van der Waals surface area (Å²) in [5, 5.41) is 10.6. The van der Waals surface area contributed by atoms with Gasteiger partial charge >= 0.3 is 5.97 Å². The summed E-state index contributed by atoms with van der Waals surface area (Å²) in [5.74, 6) is -0.928. The molecule has 1 aromatic heterocycles. The van der Waals surface area contributed by atoms with Crippen molar-refractivity contribution in [1.29, 1.82) is 0 Å². The summed E-state index contributed by atoms with van der Waals surface area (Å²) in [5.41, 5.74) is -0.360. The van der Waals surface area contributed by atoms with Gasteiger partial charge in [-0.05, 0) is 13.0 Å². The van der Waals surface area contributed by atoms with Gasteiger partial charge in [0.15, 0.2) is 0 Å². The average Bonchev–Trinajstić information content (AvgIpc) is 2.72. The molecule has 2 aromatic rings. The lowest BCUT2D eigenvalue weighted by atomic mass is 9.96. The highest BCUT2D eigenvalue weighted by atomic mass is 35.5. The van der Waals surface area contributed by atoms with Crippen molar-refractivity contribution in [3.8, 4) is 0 Å².